The molecular weight excluding hydrogens is 398 g/mol. The standard InChI is InChI=1S/C11H10N2O6S3.2Na/c12-11(20)13-10-5-8(22(17,18)19)4-6-3-7(21(14,15)16)1-2-9(6)10;;/h1-5H,(H3,12,13,20)(H,14,15,16)(H,17,18,19);;/q;2*+1/p-2. The summed E-state index contributed by atoms with van der Waals surface area (Å²) in [4.78, 5) is -1.17. The van der Waals surface area contributed by atoms with E-state index in [2.05, 4.69) is 17.5 Å². The molecule has 0 atom stereocenters. The molecule has 13 heteroatoms. The van der Waals surface area contributed by atoms with Crippen LogP contribution in [0.15, 0.2) is 40.1 Å². The summed E-state index contributed by atoms with van der Waals surface area (Å²) in [7, 11) is -9.53. The van der Waals surface area contributed by atoms with Gasteiger partial charge in [0, 0.05) is 11.1 Å². The normalized spacial score (nSPS) is 11.2. The number of nitrogens with one attached hydrogen (secondary N) is 1. The van der Waals surface area contributed by atoms with E-state index in [0.29, 0.717) is 5.39 Å². The second-order valence-corrected chi connectivity index (χ2v) is 7.45. The molecule has 3 N–H and O–H groups in total. The molecule has 0 aliphatic rings. The predicted molar refractivity (Wildman–Crippen MR) is 80.3 cm³/mol. The van der Waals surface area contributed by atoms with E-state index in [1.165, 1.54) is 6.07 Å². The monoisotopic (exact) mass is 406 g/mol. The Bertz CT molecular complexity index is 987. The Labute approximate surface area is 188 Å². The number of anilines is 1. The molecular formula is C11H8N2Na2O6S3. The van der Waals surface area contributed by atoms with Gasteiger partial charge in [-0.1, -0.05) is 6.07 Å². The minimum absolute atomic E-state index is 0. The van der Waals surface area contributed by atoms with Crippen molar-refractivity contribution >= 4 is 54.0 Å². The fraction of sp³-hybridized carbons (Fsp3) is 0. The zero-order valence-electron chi connectivity index (χ0n) is 12.6. The maximum atomic E-state index is 11.2. The summed E-state index contributed by atoms with van der Waals surface area (Å²) in [6.07, 6.45) is 0. The van der Waals surface area contributed by atoms with E-state index in [9.17, 15) is 25.9 Å². The summed E-state index contributed by atoms with van der Waals surface area (Å²) in [6.45, 7) is 0. The van der Waals surface area contributed by atoms with Gasteiger partial charge in [-0.3, -0.25) is 0 Å². The number of thiocarbonyl (C=S) groups is 1. The summed E-state index contributed by atoms with van der Waals surface area (Å²) >= 11 is 4.66. The molecule has 2 aromatic carbocycles. The maximum absolute atomic E-state index is 11.2. The molecule has 0 aliphatic carbocycles. The predicted octanol–water partition coefficient (Wildman–Crippen LogP) is -5.69. The smallest absolute Gasteiger partial charge is 0.744 e. The first kappa shape index (κ1) is 24.2. The zero-order chi connectivity index (χ0) is 16.7. The number of benzene rings is 2. The Hall–Kier alpha value is 0.210. The summed E-state index contributed by atoms with van der Waals surface area (Å²) in [6, 6.07) is 5.30. The van der Waals surface area contributed by atoms with Crippen molar-refractivity contribution in [3.8, 4) is 0 Å². The first-order valence-corrected chi connectivity index (χ1v) is 8.77. The number of rotatable bonds is 3. The Morgan fingerprint density at radius 1 is 0.958 bits per heavy atom. The van der Waals surface area contributed by atoms with Crippen LogP contribution in [0.4, 0.5) is 5.69 Å². The summed E-state index contributed by atoms with van der Waals surface area (Å²) in [5.41, 5.74) is 5.43. The van der Waals surface area contributed by atoms with Crippen LogP contribution in [0.5, 0.6) is 0 Å². The molecule has 0 saturated heterocycles. The maximum Gasteiger partial charge on any atom is 1.00 e. The largest absolute Gasteiger partial charge is 1.00 e. The zero-order valence-corrected chi connectivity index (χ0v) is 19.1. The van der Waals surface area contributed by atoms with Gasteiger partial charge in [-0.05, 0) is 41.9 Å². The van der Waals surface area contributed by atoms with E-state index in [1.54, 1.807) is 0 Å². The average Bonchev–Trinajstić information content (AvgIpc) is 2.35. The third-order valence-electron chi connectivity index (χ3n) is 2.73. The molecule has 0 aliphatic heterocycles. The van der Waals surface area contributed by atoms with Gasteiger partial charge in [0.1, 0.15) is 20.2 Å². The number of hydrogen-bond acceptors (Lipinski definition) is 7. The quantitative estimate of drug-likeness (QED) is 0.288. The molecule has 0 spiro atoms. The molecule has 0 saturated carbocycles. The van der Waals surface area contributed by atoms with Gasteiger partial charge in [0.2, 0.25) is 0 Å². The van der Waals surface area contributed by atoms with Crippen molar-refractivity contribution in [2.24, 2.45) is 5.73 Å². The fourth-order valence-electron chi connectivity index (χ4n) is 1.86. The van der Waals surface area contributed by atoms with Crippen molar-refractivity contribution in [3.63, 3.8) is 0 Å². The molecule has 118 valence electrons. The van der Waals surface area contributed by atoms with Crippen LogP contribution in [0.1, 0.15) is 0 Å². The van der Waals surface area contributed by atoms with E-state index < -0.39 is 30.0 Å². The molecule has 0 fully saturated rings. The molecule has 2 rings (SSSR count). The van der Waals surface area contributed by atoms with Gasteiger partial charge in [-0.15, -0.1) is 0 Å². The van der Waals surface area contributed by atoms with Crippen LogP contribution in [0.25, 0.3) is 10.8 Å². The first-order chi connectivity index (χ1) is 9.98. The summed E-state index contributed by atoms with van der Waals surface area (Å²) < 4.78 is 66.6. The summed E-state index contributed by atoms with van der Waals surface area (Å²) in [5, 5.41) is 2.72. The molecule has 8 nitrogen and oxygen atoms in total. The minimum atomic E-state index is -4.80. The van der Waals surface area contributed by atoms with E-state index >= 15 is 0 Å². The molecule has 0 radical (unpaired) electrons. The van der Waals surface area contributed by atoms with E-state index in [0.717, 1.165) is 24.3 Å². The van der Waals surface area contributed by atoms with Crippen molar-refractivity contribution in [1.29, 1.82) is 0 Å². The molecule has 0 aromatic heterocycles. The molecule has 0 bridgehead atoms. The second-order valence-electron chi connectivity index (χ2n) is 4.25. The van der Waals surface area contributed by atoms with Crippen LogP contribution in [-0.4, -0.2) is 31.1 Å². The van der Waals surface area contributed by atoms with Gasteiger partial charge in [0.15, 0.2) is 5.11 Å². The van der Waals surface area contributed by atoms with Crippen molar-refractivity contribution in [3.05, 3.63) is 30.3 Å². The van der Waals surface area contributed by atoms with Gasteiger partial charge in [-0.25, -0.2) is 16.8 Å². The SMILES string of the molecule is NC(=S)Nc1cc(S(=O)(=O)[O-])cc2cc(S(=O)(=O)[O-])ccc12.[Na+].[Na+]. The van der Waals surface area contributed by atoms with Crippen LogP contribution < -0.4 is 70.2 Å². The van der Waals surface area contributed by atoms with E-state index in [-0.39, 0.29) is 75.3 Å². The second kappa shape index (κ2) is 8.73. The van der Waals surface area contributed by atoms with Crippen molar-refractivity contribution in [2.75, 3.05) is 5.32 Å². The van der Waals surface area contributed by atoms with Crippen LogP contribution in [0.3, 0.4) is 0 Å². The molecule has 24 heavy (non-hydrogen) atoms. The third kappa shape index (κ3) is 5.88. The first-order valence-electron chi connectivity index (χ1n) is 5.54. The van der Waals surface area contributed by atoms with Crippen LogP contribution in [-0.2, 0) is 20.2 Å². The van der Waals surface area contributed by atoms with Crippen molar-refractivity contribution < 1.29 is 85.1 Å². The number of fused-ring (bicyclic) bond motifs is 1. The Balaban J connectivity index is 0.00000264. The van der Waals surface area contributed by atoms with Gasteiger partial charge < -0.3 is 20.2 Å². The Morgan fingerprint density at radius 2 is 1.46 bits per heavy atom. The number of nitrogens with two attached hydrogens (primary N) is 1. The van der Waals surface area contributed by atoms with Crippen LogP contribution in [0, 0.1) is 0 Å². The molecule has 0 heterocycles. The van der Waals surface area contributed by atoms with Gasteiger partial charge in [0.05, 0.1) is 9.79 Å². The molecule has 0 unspecified atom stereocenters. The Morgan fingerprint density at radius 3 is 1.92 bits per heavy atom. The van der Waals surface area contributed by atoms with Crippen LogP contribution in [0.2, 0.25) is 0 Å². The van der Waals surface area contributed by atoms with Gasteiger partial charge >= 0.3 is 59.1 Å². The van der Waals surface area contributed by atoms with Crippen LogP contribution >= 0.6 is 12.2 Å². The molecule has 0 amide bonds. The molecule has 2 aromatic rings. The topological polar surface area (TPSA) is 152 Å². The van der Waals surface area contributed by atoms with Gasteiger partial charge in [0.25, 0.3) is 0 Å². The van der Waals surface area contributed by atoms with E-state index in [1.807, 2.05) is 0 Å². The van der Waals surface area contributed by atoms with E-state index in [4.69, 9.17) is 5.73 Å². The van der Waals surface area contributed by atoms with Gasteiger partial charge in [-0.2, -0.15) is 0 Å². The minimum Gasteiger partial charge on any atom is -0.744 e. The Kier molecular flexibility index (Phi) is 8.81. The van der Waals surface area contributed by atoms with Crippen molar-refractivity contribution in [1.82, 2.24) is 0 Å². The fourth-order valence-corrected chi connectivity index (χ4v) is 3.01. The number of hydrogen-bond donors (Lipinski definition) is 2. The summed E-state index contributed by atoms with van der Waals surface area (Å²) in [5.74, 6) is 0. The van der Waals surface area contributed by atoms with Crippen molar-refractivity contribution in [2.45, 2.75) is 9.79 Å². The third-order valence-corrected chi connectivity index (χ3v) is 4.48. The average molecular weight is 406 g/mol.